The van der Waals surface area contributed by atoms with E-state index in [9.17, 15) is 0 Å². The zero-order valence-corrected chi connectivity index (χ0v) is 12.0. The van der Waals surface area contributed by atoms with E-state index in [1.807, 2.05) is 0 Å². The molecule has 1 aromatic carbocycles. The Labute approximate surface area is 123 Å². The van der Waals surface area contributed by atoms with Crippen LogP contribution in [0, 0.1) is 0 Å². The molecule has 0 saturated carbocycles. The molecule has 2 heterocycles. The number of anilines is 2. The normalized spacial score (nSPS) is 13.6. The first-order valence-electron chi connectivity index (χ1n) is 7.42. The number of hydrogen-bond donors (Lipinski definition) is 1. The SMILES string of the molecule is CCc1ccc(Nc2c3c(nc4ncnn24)CCC3)cc1. The molecule has 0 amide bonds. The van der Waals surface area contributed by atoms with Crippen LogP contribution in [0.25, 0.3) is 5.78 Å². The molecular weight excluding hydrogens is 262 g/mol. The van der Waals surface area contributed by atoms with Crippen LogP contribution < -0.4 is 5.32 Å². The first-order valence-corrected chi connectivity index (χ1v) is 7.42. The van der Waals surface area contributed by atoms with Gasteiger partial charge in [-0.1, -0.05) is 19.1 Å². The molecule has 0 unspecified atom stereocenters. The Hall–Kier alpha value is -2.43. The average Bonchev–Trinajstić information content (AvgIpc) is 3.16. The van der Waals surface area contributed by atoms with Gasteiger partial charge in [0.2, 0.25) is 0 Å². The average molecular weight is 279 g/mol. The molecule has 5 nitrogen and oxygen atoms in total. The highest BCUT2D eigenvalue weighted by atomic mass is 15.4. The van der Waals surface area contributed by atoms with Gasteiger partial charge < -0.3 is 5.32 Å². The zero-order valence-electron chi connectivity index (χ0n) is 12.0. The van der Waals surface area contributed by atoms with Gasteiger partial charge >= 0.3 is 0 Å². The fourth-order valence-electron chi connectivity index (χ4n) is 2.91. The standard InChI is InChI=1S/C16H17N5/c1-2-11-6-8-12(9-7-11)19-15-13-4-3-5-14(13)20-16-17-10-18-21(15)16/h6-10,19H,2-5H2,1H3. The summed E-state index contributed by atoms with van der Waals surface area (Å²) in [6, 6.07) is 8.54. The van der Waals surface area contributed by atoms with Gasteiger partial charge in [-0.05, 0) is 43.4 Å². The van der Waals surface area contributed by atoms with Gasteiger partial charge in [0, 0.05) is 11.3 Å². The van der Waals surface area contributed by atoms with E-state index in [2.05, 4.69) is 51.6 Å². The van der Waals surface area contributed by atoms with Crippen molar-refractivity contribution in [2.24, 2.45) is 0 Å². The molecule has 0 spiro atoms. The Kier molecular flexibility index (Phi) is 2.84. The summed E-state index contributed by atoms with van der Waals surface area (Å²) in [5, 5.41) is 7.81. The molecule has 1 aliphatic rings. The van der Waals surface area contributed by atoms with E-state index in [0.717, 1.165) is 42.9 Å². The topological polar surface area (TPSA) is 55.1 Å². The summed E-state index contributed by atoms with van der Waals surface area (Å²) >= 11 is 0. The molecule has 106 valence electrons. The quantitative estimate of drug-likeness (QED) is 0.801. The van der Waals surface area contributed by atoms with Crippen LogP contribution in [-0.4, -0.2) is 19.6 Å². The van der Waals surface area contributed by atoms with Crippen LogP contribution in [0.3, 0.4) is 0 Å². The predicted molar refractivity (Wildman–Crippen MR) is 81.9 cm³/mol. The highest BCUT2D eigenvalue weighted by Crippen LogP contribution is 2.30. The maximum absolute atomic E-state index is 4.59. The Bertz CT molecular complexity index is 788. The number of nitrogens with one attached hydrogen (secondary N) is 1. The van der Waals surface area contributed by atoms with Gasteiger partial charge in [-0.25, -0.2) is 4.98 Å². The third kappa shape index (κ3) is 2.05. The Morgan fingerprint density at radius 1 is 1.19 bits per heavy atom. The van der Waals surface area contributed by atoms with Gasteiger partial charge in [-0.15, -0.1) is 0 Å². The summed E-state index contributed by atoms with van der Waals surface area (Å²) in [5.41, 5.74) is 4.84. The molecule has 0 atom stereocenters. The molecule has 4 rings (SSSR count). The van der Waals surface area contributed by atoms with Gasteiger partial charge in [0.1, 0.15) is 12.1 Å². The second-order valence-electron chi connectivity index (χ2n) is 5.39. The highest BCUT2D eigenvalue weighted by molar-refractivity contribution is 5.63. The fourth-order valence-corrected chi connectivity index (χ4v) is 2.91. The zero-order chi connectivity index (χ0) is 14.2. The lowest BCUT2D eigenvalue weighted by atomic mass is 10.1. The van der Waals surface area contributed by atoms with E-state index in [1.54, 1.807) is 10.8 Å². The molecule has 21 heavy (non-hydrogen) atoms. The maximum atomic E-state index is 4.59. The Balaban J connectivity index is 1.79. The van der Waals surface area contributed by atoms with Crippen LogP contribution in [0.15, 0.2) is 30.6 Å². The third-order valence-corrected chi connectivity index (χ3v) is 4.08. The lowest BCUT2D eigenvalue weighted by Crippen LogP contribution is -2.06. The summed E-state index contributed by atoms with van der Waals surface area (Å²) in [4.78, 5) is 8.82. The number of hydrogen-bond acceptors (Lipinski definition) is 4. The highest BCUT2D eigenvalue weighted by Gasteiger charge is 2.20. The van der Waals surface area contributed by atoms with Crippen molar-refractivity contribution in [3.8, 4) is 0 Å². The summed E-state index contributed by atoms with van der Waals surface area (Å²) in [6.07, 6.45) is 5.84. The molecule has 1 N–H and O–H groups in total. The van der Waals surface area contributed by atoms with Crippen LogP contribution in [0.1, 0.15) is 30.2 Å². The number of aromatic nitrogens is 4. The van der Waals surface area contributed by atoms with Gasteiger partial charge in [-0.2, -0.15) is 14.6 Å². The molecule has 0 aliphatic heterocycles. The van der Waals surface area contributed by atoms with Crippen molar-refractivity contribution >= 4 is 17.3 Å². The minimum absolute atomic E-state index is 0.670. The first kappa shape index (κ1) is 12.3. The van der Waals surface area contributed by atoms with Gasteiger partial charge in [0.15, 0.2) is 0 Å². The largest absolute Gasteiger partial charge is 0.340 e. The molecule has 2 aromatic heterocycles. The smallest absolute Gasteiger partial charge is 0.254 e. The van der Waals surface area contributed by atoms with Crippen molar-refractivity contribution in [2.45, 2.75) is 32.6 Å². The molecular formula is C16H17N5. The van der Waals surface area contributed by atoms with Crippen LogP contribution >= 0.6 is 0 Å². The van der Waals surface area contributed by atoms with Crippen LogP contribution in [0.2, 0.25) is 0 Å². The second kappa shape index (κ2) is 4.84. The van der Waals surface area contributed by atoms with Crippen molar-refractivity contribution in [2.75, 3.05) is 5.32 Å². The lowest BCUT2D eigenvalue weighted by Gasteiger charge is -2.12. The molecule has 0 radical (unpaired) electrons. The minimum Gasteiger partial charge on any atom is -0.340 e. The third-order valence-electron chi connectivity index (χ3n) is 4.08. The molecule has 3 aromatic rings. The van der Waals surface area contributed by atoms with Gasteiger partial charge in [0.05, 0.1) is 5.69 Å². The predicted octanol–water partition coefficient (Wildman–Crippen LogP) is 2.92. The number of aryl methyl sites for hydroxylation is 2. The number of benzene rings is 1. The fraction of sp³-hybridized carbons (Fsp3) is 0.312. The molecule has 0 fully saturated rings. The monoisotopic (exact) mass is 279 g/mol. The van der Waals surface area contributed by atoms with E-state index >= 15 is 0 Å². The second-order valence-corrected chi connectivity index (χ2v) is 5.39. The first-order chi connectivity index (χ1) is 10.3. The Morgan fingerprint density at radius 3 is 2.86 bits per heavy atom. The van der Waals surface area contributed by atoms with E-state index in [-0.39, 0.29) is 0 Å². The van der Waals surface area contributed by atoms with Crippen molar-refractivity contribution in [1.29, 1.82) is 0 Å². The summed E-state index contributed by atoms with van der Waals surface area (Å²) < 4.78 is 1.80. The summed E-state index contributed by atoms with van der Waals surface area (Å²) in [6.45, 7) is 2.16. The van der Waals surface area contributed by atoms with Crippen molar-refractivity contribution in [3.05, 3.63) is 47.4 Å². The van der Waals surface area contributed by atoms with Gasteiger partial charge in [0.25, 0.3) is 5.78 Å². The van der Waals surface area contributed by atoms with E-state index < -0.39 is 0 Å². The molecule has 0 bridgehead atoms. The van der Waals surface area contributed by atoms with Crippen molar-refractivity contribution < 1.29 is 0 Å². The number of fused-ring (bicyclic) bond motifs is 2. The van der Waals surface area contributed by atoms with E-state index in [0.29, 0.717) is 5.78 Å². The van der Waals surface area contributed by atoms with Crippen LogP contribution in [0.5, 0.6) is 0 Å². The van der Waals surface area contributed by atoms with Crippen LogP contribution in [0.4, 0.5) is 11.5 Å². The lowest BCUT2D eigenvalue weighted by molar-refractivity contribution is 0.900. The van der Waals surface area contributed by atoms with Crippen molar-refractivity contribution in [3.63, 3.8) is 0 Å². The summed E-state index contributed by atoms with van der Waals surface area (Å²) in [7, 11) is 0. The van der Waals surface area contributed by atoms with Crippen LogP contribution in [-0.2, 0) is 19.3 Å². The van der Waals surface area contributed by atoms with E-state index in [4.69, 9.17) is 0 Å². The van der Waals surface area contributed by atoms with Gasteiger partial charge in [-0.3, -0.25) is 0 Å². The summed E-state index contributed by atoms with van der Waals surface area (Å²) in [5.74, 6) is 1.68. The Morgan fingerprint density at radius 2 is 2.05 bits per heavy atom. The maximum Gasteiger partial charge on any atom is 0.254 e. The van der Waals surface area contributed by atoms with Crippen molar-refractivity contribution in [1.82, 2.24) is 19.6 Å². The molecule has 0 saturated heterocycles. The molecule has 1 aliphatic carbocycles. The van der Waals surface area contributed by atoms with E-state index in [1.165, 1.54) is 11.1 Å². The molecule has 5 heteroatoms. The number of rotatable bonds is 3. The number of nitrogens with zero attached hydrogens (tertiary/aromatic N) is 4. The minimum atomic E-state index is 0.670.